The van der Waals surface area contributed by atoms with Gasteiger partial charge >= 0.3 is 0 Å². The van der Waals surface area contributed by atoms with Crippen LogP contribution in [0, 0.1) is 6.92 Å². The second-order valence-electron chi connectivity index (χ2n) is 3.94. The third kappa shape index (κ3) is 3.21. The molecule has 0 amide bonds. The molecule has 18 heavy (non-hydrogen) atoms. The number of nitrogens with two attached hydrogens (primary N) is 1. The Morgan fingerprint density at radius 2 is 2.28 bits per heavy atom. The minimum Gasteiger partial charge on any atom is -0.491 e. The fourth-order valence-corrected chi connectivity index (χ4v) is 1.68. The van der Waals surface area contributed by atoms with Crippen LogP contribution < -0.4 is 10.5 Å². The summed E-state index contributed by atoms with van der Waals surface area (Å²) in [6.45, 7) is 3.51. The number of hydrogen-bond acceptors (Lipinski definition) is 4. The fraction of sp³-hybridized carbons (Fsp3) is 0.333. The van der Waals surface area contributed by atoms with Crippen molar-refractivity contribution in [1.29, 1.82) is 0 Å². The first-order valence-electron chi connectivity index (χ1n) is 5.67. The van der Waals surface area contributed by atoms with Gasteiger partial charge in [-0.1, -0.05) is 22.9 Å². The molecular weight excluding hydrogens is 252 g/mol. The molecule has 0 atom stereocenters. The van der Waals surface area contributed by atoms with Crippen LogP contribution in [0.1, 0.15) is 11.3 Å². The molecule has 96 valence electrons. The van der Waals surface area contributed by atoms with Gasteiger partial charge in [-0.3, -0.25) is 0 Å². The summed E-state index contributed by atoms with van der Waals surface area (Å²) in [7, 11) is 0. The summed E-state index contributed by atoms with van der Waals surface area (Å²) >= 11 is 5.91. The second-order valence-corrected chi connectivity index (χ2v) is 4.37. The van der Waals surface area contributed by atoms with Crippen molar-refractivity contribution in [3.8, 4) is 5.75 Å². The van der Waals surface area contributed by atoms with Gasteiger partial charge in [0, 0.05) is 17.8 Å². The quantitative estimate of drug-likeness (QED) is 0.896. The summed E-state index contributed by atoms with van der Waals surface area (Å²) in [5.41, 5.74) is 7.29. The lowest BCUT2D eigenvalue weighted by atomic mass is 10.2. The first-order chi connectivity index (χ1) is 8.69. The highest BCUT2D eigenvalue weighted by Crippen LogP contribution is 2.22. The van der Waals surface area contributed by atoms with Crippen LogP contribution in [0.2, 0.25) is 5.02 Å². The number of benzene rings is 1. The highest BCUT2D eigenvalue weighted by atomic mass is 35.5. The van der Waals surface area contributed by atoms with Crippen molar-refractivity contribution < 1.29 is 4.74 Å². The van der Waals surface area contributed by atoms with Gasteiger partial charge in [-0.15, -0.1) is 5.10 Å². The van der Waals surface area contributed by atoms with E-state index in [1.54, 1.807) is 4.68 Å². The zero-order valence-electron chi connectivity index (χ0n) is 10.1. The summed E-state index contributed by atoms with van der Waals surface area (Å²) in [6, 6.07) is 5.58. The Kier molecular flexibility index (Phi) is 4.17. The Bertz CT molecular complexity index is 527. The van der Waals surface area contributed by atoms with Crippen molar-refractivity contribution in [2.24, 2.45) is 5.73 Å². The van der Waals surface area contributed by atoms with E-state index in [4.69, 9.17) is 22.1 Å². The van der Waals surface area contributed by atoms with Crippen molar-refractivity contribution in [3.63, 3.8) is 0 Å². The number of ether oxygens (including phenoxy) is 1. The lowest BCUT2D eigenvalue weighted by Gasteiger charge is -2.09. The Morgan fingerprint density at radius 1 is 1.44 bits per heavy atom. The number of hydrogen-bond donors (Lipinski definition) is 1. The van der Waals surface area contributed by atoms with Gasteiger partial charge in [-0.25, -0.2) is 4.68 Å². The maximum absolute atomic E-state index is 5.91. The second kappa shape index (κ2) is 5.84. The van der Waals surface area contributed by atoms with Crippen LogP contribution in [0.15, 0.2) is 24.4 Å². The Balaban J connectivity index is 1.90. The maximum atomic E-state index is 5.91. The number of aromatic nitrogens is 3. The van der Waals surface area contributed by atoms with E-state index >= 15 is 0 Å². The maximum Gasteiger partial charge on any atom is 0.123 e. The Morgan fingerprint density at radius 3 is 3.00 bits per heavy atom. The summed E-state index contributed by atoms with van der Waals surface area (Å²) in [5, 5.41) is 8.51. The fourth-order valence-electron chi connectivity index (χ4n) is 1.52. The highest BCUT2D eigenvalue weighted by molar-refractivity contribution is 6.30. The minimum absolute atomic E-state index is 0.397. The molecule has 0 bridgehead atoms. The molecule has 1 heterocycles. The molecule has 5 nitrogen and oxygen atoms in total. The minimum atomic E-state index is 0.397. The molecular formula is C12H15ClN4O. The van der Waals surface area contributed by atoms with E-state index in [1.807, 2.05) is 31.3 Å². The van der Waals surface area contributed by atoms with Gasteiger partial charge in [0.1, 0.15) is 12.4 Å². The van der Waals surface area contributed by atoms with Crippen LogP contribution in [-0.2, 0) is 13.1 Å². The molecule has 0 spiro atoms. The lowest BCUT2D eigenvalue weighted by molar-refractivity contribution is 0.288. The molecule has 6 heteroatoms. The van der Waals surface area contributed by atoms with Crippen LogP contribution in [-0.4, -0.2) is 21.6 Å². The topological polar surface area (TPSA) is 66.0 Å². The van der Waals surface area contributed by atoms with Crippen LogP contribution in [0.4, 0.5) is 0 Å². The monoisotopic (exact) mass is 266 g/mol. The smallest absolute Gasteiger partial charge is 0.123 e. The predicted molar refractivity (Wildman–Crippen MR) is 69.6 cm³/mol. The summed E-state index contributed by atoms with van der Waals surface area (Å²) in [4.78, 5) is 0. The van der Waals surface area contributed by atoms with Crippen molar-refractivity contribution in [1.82, 2.24) is 15.0 Å². The SMILES string of the molecule is Cc1ccc(Cl)cc1OCCn1cc(CN)nn1. The van der Waals surface area contributed by atoms with Gasteiger partial charge < -0.3 is 10.5 Å². The van der Waals surface area contributed by atoms with E-state index < -0.39 is 0 Å². The van der Waals surface area contributed by atoms with E-state index in [9.17, 15) is 0 Å². The van der Waals surface area contributed by atoms with E-state index in [0.29, 0.717) is 24.7 Å². The van der Waals surface area contributed by atoms with E-state index in [2.05, 4.69) is 10.3 Å². The van der Waals surface area contributed by atoms with Gasteiger partial charge in [0.15, 0.2) is 0 Å². The number of rotatable bonds is 5. The zero-order valence-corrected chi connectivity index (χ0v) is 10.9. The van der Waals surface area contributed by atoms with E-state index in [1.165, 1.54) is 0 Å². The van der Waals surface area contributed by atoms with Gasteiger partial charge in [0.2, 0.25) is 0 Å². The molecule has 0 unspecified atom stereocenters. The predicted octanol–water partition coefficient (Wildman–Crippen LogP) is 1.78. The molecule has 0 radical (unpaired) electrons. The van der Waals surface area contributed by atoms with Crippen molar-refractivity contribution in [2.45, 2.75) is 20.0 Å². The average Bonchev–Trinajstić information content (AvgIpc) is 2.81. The molecule has 0 saturated carbocycles. The molecule has 2 N–H and O–H groups in total. The van der Waals surface area contributed by atoms with E-state index in [-0.39, 0.29) is 0 Å². The van der Waals surface area contributed by atoms with Crippen LogP contribution in [0.25, 0.3) is 0 Å². The summed E-state index contributed by atoms with van der Waals surface area (Å²) in [5.74, 6) is 0.793. The van der Waals surface area contributed by atoms with Crippen molar-refractivity contribution in [2.75, 3.05) is 6.61 Å². The van der Waals surface area contributed by atoms with Crippen molar-refractivity contribution in [3.05, 3.63) is 40.7 Å². The lowest BCUT2D eigenvalue weighted by Crippen LogP contribution is -2.09. The first-order valence-corrected chi connectivity index (χ1v) is 6.05. The first kappa shape index (κ1) is 12.9. The molecule has 0 fully saturated rings. The molecule has 0 aliphatic rings. The molecule has 0 aliphatic heterocycles. The molecule has 0 saturated heterocycles. The third-order valence-electron chi connectivity index (χ3n) is 2.52. The summed E-state index contributed by atoms with van der Waals surface area (Å²) < 4.78 is 7.37. The molecule has 1 aromatic carbocycles. The average molecular weight is 267 g/mol. The van der Waals surface area contributed by atoms with Crippen molar-refractivity contribution >= 4 is 11.6 Å². The normalized spacial score (nSPS) is 10.6. The molecule has 0 aliphatic carbocycles. The Labute approximate surface area is 111 Å². The Hall–Kier alpha value is -1.59. The molecule has 1 aromatic heterocycles. The standard InChI is InChI=1S/C12H15ClN4O/c1-9-2-3-10(13)6-12(9)18-5-4-17-8-11(7-14)15-16-17/h2-3,6,8H,4-5,7,14H2,1H3. The van der Waals surface area contributed by atoms with E-state index in [0.717, 1.165) is 17.0 Å². The molecule has 2 rings (SSSR count). The number of aryl methyl sites for hydroxylation is 1. The summed E-state index contributed by atoms with van der Waals surface area (Å²) in [6.07, 6.45) is 1.81. The van der Waals surface area contributed by atoms with Crippen LogP contribution in [0.5, 0.6) is 5.75 Å². The van der Waals surface area contributed by atoms with Gasteiger partial charge in [-0.05, 0) is 24.6 Å². The van der Waals surface area contributed by atoms with Gasteiger partial charge in [0.05, 0.1) is 12.2 Å². The third-order valence-corrected chi connectivity index (χ3v) is 2.76. The van der Waals surface area contributed by atoms with Crippen LogP contribution in [0.3, 0.4) is 0 Å². The van der Waals surface area contributed by atoms with Gasteiger partial charge in [-0.2, -0.15) is 0 Å². The number of halogens is 1. The highest BCUT2D eigenvalue weighted by Gasteiger charge is 2.02. The molecule has 2 aromatic rings. The van der Waals surface area contributed by atoms with Crippen LogP contribution >= 0.6 is 11.6 Å². The number of nitrogens with zero attached hydrogens (tertiary/aromatic N) is 3. The largest absolute Gasteiger partial charge is 0.491 e. The van der Waals surface area contributed by atoms with Gasteiger partial charge in [0.25, 0.3) is 0 Å². The zero-order chi connectivity index (χ0) is 13.0.